The van der Waals surface area contributed by atoms with E-state index in [1.165, 1.54) is 22.7 Å². The Morgan fingerprint density at radius 2 is 1.90 bits per heavy atom. The van der Waals surface area contributed by atoms with E-state index in [-0.39, 0.29) is 23.7 Å². The van der Waals surface area contributed by atoms with Gasteiger partial charge in [-0.2, -0.15) is 0 Å². The van der Waals surface area contributed by atoms with E-state index in [0.29, 0.717) is 29.9 Å². The number of amides is 1. The number of rotatable bonds is 6. The number of pyridine rings is 1. The lowest BCUT2D eigenvalue weighted by molar-refractivity contribution is -0.120. The minimum atomic E-state index is -0.342. The fourth-order valence-electron chi connectivity index (χ4n) is 3.37. The quantitative estimate of drug-likeness (QED) is 0.515. The Morgan fingerprint density at radius 3 is 2.63 bits per heavy atom. The lowest BCUT2D eigenvalue weighted by Gasteiger charge is -2.06. The standard InChI is InChI=1S/C22H20FN5O2/c1-14-21(16-2-4-17(23)5-3-16)22-26-18(13-20(30)28(22)27-14)12-19(29)25-11-8-15-6-9-24-10-7-15/h2-7,9-10,13,27H,8,11-12H2,1H3,(H,25,29). The fourth-order valence-corrected chi connectivity index (χ4v) is 3.37. The first kappa shape index (κ1) is 19.5. The molecule has 0 spiro atoms. The van der Waals surface area contributed by atoms with Crippen molar-refractivity contribution >= 4 is 11.6 Å². The maximum atomic E-state index is 13.3. The van der Waals surface area contributed by atoms with Gasteiger partial charge in [-0.3, -0.25) is 19.7 Å². The summed E-state index contributed by atoms with van der Waals surface area (Å²) in [6, 6.07) is 11.1. The summed E-state index contributed by atoms with van der Waals surface area (Å²) in [7, 11) is 0. The molecule has 7 nitrogen and oxygen atoms in total. The van der Waals surface area contributed by atoms with Crippen molar-refractivity contribution in [3.63, 3.8) is 0 Å². The summed E-state index contributed by atoms with van der Waals surface area (Å²) in [4.78, 5) is 33.3. The van der Waals surface area contributed by atoms with Gasteiger partial charge in [0, 0.05) is 36.3 Å². The fraction of sp³-hybridized carbons (Fsp3) is 0.182. The Labute approximate surface area is 171 Å². The van der Waals surface area contributed by atoms with Crippen LogP contribution >= 0.6 is 0 Å². The molecule has 0 aliphatic heterocycles. The molecule has 4 aromatic rings. The minimum absolute atomic E-state index is 0.00479. The van der Waals surface area contributed by atoms with Gasteiger partial charge in [0.05, 0.1) is 12.1 Å². The van der Waals surface area contributed by atoms with E-state index in [2.05, 4.69) is 20.4 Å². The molecule has 1 amide bonds. The molecular weight excluding hydrogens is 385 g/mol. The van der Waals surface area contributed by atoms with Crippen LogP contribution in [-0.4, -0.2) is 32.0 Å². The van der Waals surface area contributed by atoms with Crippen LogP contribution in [0.4, 0.5) is 4.39 Å². The molecule has 3 heterocycles. The van der Waals surface area contributed by atoms with Crippen LogP contribution in [0.1, 0.15) is 17.0 Å². The highest BCUT2D eigenvalue weighted by Crippen LogP contribution is 2.26. The van der Waals surface area contributed by atoms with E-state index in [1.807, 2.05) is 19.1 Å². The van der Waals surface area contributed by atoms with E-state index >= 15 is 0 Å². The highest BCUT2D eigenvalue weighted by atomic mass is 19.1. The molecule has 3 aromatic heterocycles. The molecule has 4 rings (SSSR count). The molecule has 0 fully saturated rings. The van der Waals surface area contributed by atoms with Crippen molar-refractivity contribution in [1.29, 1.82) is 0 Å². The topological polar surface area (TPSA) is 92.1 Å². The third-order valence-corrected chi connectivity index (χ3v) is 4.81. The van der Waals surface area contributed by atoms with Gasteiger partial charge in [0.15, 0.2) is 5.65 Å². The molecule has 152 valence electrons. The average molecular weight is 405 g/mol. The van der Waals surface area contributed by atoms with E-state index in [4.69, 9.17) is 0 Å². The van der Waals surface area contributed by atoms with Crippen molar-refractivity contribution in [2.45, 2.75) is 19.8 Å². The number of benzene rings is 1. The Hall–Kier alpha value is -3.81. The molecular formula is C22H20FN5O2. The number of nitrogens with one attached hydrogen (secondary N) is 2. The van der Waals surface area contributed by atoms with E-state index in [1.54, 1.807) is 24.5 Å². The Kier molecular flexibility index (Phi) is 5.38. The second-order valence-electron chi connectivity index (χ2n) is 7.00. The predicted octanol–water partition coefficient (Wildman–Crippen LogP) is 2.43. The molecule has 8 heteroatoms. The van der Waals surface area contributed by atoms with Gasteiger partial charge in [0.1, 0.15) is 5.82 Å². The second-order valence-corrected chi connectivity index (χ2v) is 7.00. The molecule has 0 atom stereocenters. The Balaban J connectivity index is 1.54. The number of aromatic amines is 1. The molecule has 0 saturated heterocycles. The number of halogens is 1. The highest BCUT2D eigenvalue weighted by Gasteiger charge is 2.16. The van der Waals surface area contributed by atoms with Crippen LogP contribution in [0.3, 0.4) is 0 Å². The normalized spacial score (nSPS) is 11.0. The third kappa shape index (κ3) is 4.12. The number of H-pyrrole nitrogens is 1. The molecule has 0 saturated carbocycles. The SMILES string of the molecule is Cc1[nH]n2c(=O)cc(CC(=O)NCCc3ccncc3)nc2c1-c1ccc(F)cc1. The maximum Gasteiger partial charge on any atom is 0.272 e. The number of aryl methyl sites for hydroxylation is 1. The maximum absolute atomic E-state index is 13.3. The second kappa shape index (κ2) is 8.28. The van der Waals surface area contributed by atoms with Gasteiger partial charge in [-0.15, -0.1) is 0 Å². The van der Waals surface area contributed by atoms with Gasteiger partial charge in [-0.1, -0.05) is 12.1 Å². The van der Waals surface area contributed by atoms with Gasteiger partial charge in [0.2, 0.25) is 5.91 Å². The van der Waals surface area contributed by atoms with E-state index < -0.39 is 0 Å². The van der Waals surface area contributed by atoms with Crippen LogP contribution in [0.5, 0.6) is 0 Å². The summed E-state index contributed by atoms with van der Waals surface area (Å²) in [6.07, 6.45) is 4.10. The molecule has 0 unspecified atom stereocenters. The average Bonchev–Trinajstić information content (AvgIpc) is 3.06. The van der Waals surface area contributed by atoms with Crippen LogP contribution in [0, 0.1) is 12.7 Å². The van der Waals surface area contributed by atoms with Crippen molar-refractivity contribution in [2.75, 3.05) is 6.54 Å². The smallest absolute Gasteiger partial charge is 0.272 e. The van der Waals surface area contributed by atoms with Crippen LogP contribution < -0.4 is 10.9 Å². The number of hydrogen-bond donors (Lipinski definition) is 2. The van der Waals surface area contributed by atoms with Crippen LogP contribution in [0.25, 0.3) is 16.8 Å². The first-order chi connectivity index (χ1) is 14.5. The monoisotopic (exact) mass is 405 g/mol. The Morgan fingerprint density at radius 1 is 1.17 bits per heavy atom. The summed E-state index contributed by atoms with van der Waals surface area (Å²) < 4.78 is 14.6. The molecule has 0 radical (unpaired) electrons. The first-order valence-corrected chi connectivity index (χ1v) is 9.54. The van der Waals surface area contributed by atoms with Gasteiger partial charge < -0.3 is 5.32 Å². The third-order valence-electron chi connectivity index (χ3n) is 4.81. The molecule has 0 aliphatic rings. The van der Waals surface area contributed by atoms with Crippen LogP contribution in [0.2, 0.25) is 0 Å². The molecule has 2 N–H and O–H groups in total. The lowest BCUT2D eigenvalue weighted by atomic mass is 10.1. The van der Waals surface area contributed by atoms with Crippen molar-refractivity contribution in [3.8, 4) is 11.1 Å². The van der Waals surface area contributed by atoms with Gasteiger partial charge >= 0.3 is 0 Å². The minimum Gasteiger partial charge on any atom is -0.355 e. The number of aromatic nitrogens is 4. The van der Waals surface area contributed by atoms with Crippen molar-refractivity contribution in [2.24, 2.45) is 0 Å². The van der Waals surface area contributed by atoms with Crippen LogP contribution in [0.15, 0.2) is 59.7 Å². The van der Waals surface area contributed by atoms with Gasteiger partial charge in [-0.05, 0) is 48.7 Å². The zero-order chi connectivity index (χ0) is 21.1. The number of carbonyl (C=O) groups is 1. The molecule has 30 heavy (non-hydrogen) atoms. The van der Waals surface area contributed by atoms with Crippen molar-refractivity contribution in [1.82, 2.24) is 24.9 Å². The van der Waals surface area contributed by atoms with Crippen molar-refractivity contribution < 1.29 is 9.18 Å². The molecule has 1 aromatic carbocycles. The zero-order valence-electron chi connectivity index (χ0n) is 16.4. The largest absolute Gasteiger partial charge is 0.355 e. The lowest BCUT2D eigenvalue weighted by Crippen LogP contribution is -2.28. The molecule has 0 bridgehead atoms. The number of hydrogen-bond acceptors (Lipinski definition) is 4. The first-order valence-electron chi connectivity index (χ1n) is 9.54. The zero-order valence-corrected chi connectivity index (χ0v) is 16.4. The number of fused-ring (bicyclic) bond motifs is 1. The van der Waals surface area contributed by atoms with E-state index in [9.17, 15) is 14.0 Å². The summed E-state index contributed by atoms with van der Waals surface area (Å²) in [5, 5.41) is 5.83. The summed E-state index contributed by atoms with van der Waals surface area (Å²) in [6.45, 7) is 2.30. The Bertz CT molecular complexity index is 1250. The van der Waals surface area contributed by atoms with E-state index in [0.717, 1.165) is 16.8 Å². The predicted molar refractivity (Wildman–Crippen MR) is 111 cm³/mol. The van der Waals surface area contributed by atoms with Gasteiger partial charge in [-0.25, -0.2) is 13.9 Å². The van der Waals surface area contributed by atoms with Crippen LogP contribution in [-0.2, 0) is 17.6 Å². The summed E-state index contributed by atoms with van der Waals surface area (Å²) >= 11 is 0. The number of carbonyl (C=O) groups excluding carboxylic acids is 1. The number of nitrogens with zero attached hydrogens (tertiary/aromatic N) is 3. The summed E-state index contributed by atoms with van der Waals surface area (Å²) in [5.74, 6) is -0.554. The molecule has 0 aliphatic carbocycles. The summed E-state index contributed by atoms with van der Waals surface area (Å²) in [5.41, 5.74) is 3.72. The highest BCUT2D eigenvalue weighted by molar-refractivity contribution is 5.81. The van der Waals surface area contributed by atoms with Crippen molar-refractivity contribution in [3.05, 3.63) is 88.0 Å². The van der Waals surface area contributed by atoms with Gasteiger partial charge in [0.25, 0.3) is 5.56 Å².